The molecule has 32 heavy (non-hydrogen) atoms. The Morgan fingerprint density at radius 1 is 1.09 bits per heavy atom. The van der Waals surface area contributed by atoms with Crippen molar-refractivity contribution in [3.63, 3.8) is 0 Å². The molecule has 1 unspecified atom stereocenters. The van der Waals surface area contributed by atoms with E-state index in [9.17, 15) is 4.79 Å². The van der Waals surface area contributed by atoms with Crippen LogP contribution in [0.4, 0.5) is 0 Å². The molecule has 1 atom stereocenters. The van der Waals surface area contributed by atoms with Crippen LogP contribution in [0.1, 0.15) is 30.8 Å². The average molecular weight is 448 g/mol. The topological polar surface area (TPSA) is 95.9 Å². The lowest BCUT2D eigenvalue weighted by Crippen LogP contribution is -2.19. The number of nitrogens with zero attached hydrogens (tertiary/aromatic N) is 4. The Hall–Kier alpha value is -2.97. The summed E-state index contributed by atoms with van der Waals surface area (Å²) >= 11 is 1.62. The Labute approximate surface area is 190 Å². The molecule has 7 nitrogen and oxygen atoms in total. The Balaban J connectivity index is 1.45. The van der Waals surface area contributed by atoms with Gasteiger partial charge in [0.2, 0.25) is 5.91 Å². The van der Waals surface area contributed by atoms with Gasteiger partial charge >= 0.3 is 0 Å². The van der Waals surface area contributed by atoms with E-state index in [1.165, 1.54) is 5.39 Å². The Bertz CT molecular complexity index is 1270. The van der Waals surface area contributed by atoms with Crippen molar-refractivity contribution in [2.75, 3.05) is 6.61 Å². The van der Waals surface area contributed by atoms with Crippen LogP contribution in [-0.2, 0) is 28.2 Å². The average Bonchev–Trinajstić information content (AvgIpc) is 3.46. The first-order valence-electron chi connectivity index (χ1n) is 10.9. The molecule has 5 rings (SSSR count). The van der Waals surface area contributed by atoms with Gasteiger partial charge in [-0.05, 0) is 24.3 Å². The number of carbonyl (C=O) groups excluding carboxylic acids is 1. The number of benzene rings is 2. The molecule has 0 saturated carbocycles. The zero-order chi connectivity index (χ0) is 21.9. The molecule has 1 fully saturated rings. The molecule has 1 aliphatic heterocycles. The second-order valence-corrected chi connectivity index (χ2v) is 8.96. The molecule has 1 amide bonds. The summed E-state index contributed by atoms with van der Waals surface area (Å²) in [4.78, 5) is 16.3. The molecule has 4 aromatic rings. The number of para-hydroxylation sites is 1. The second-order valence-electron chi connectivity index (χ2n) is 8.02. The summed E-state index contributed by atoms with van der Waals surface area (Å²) in [6.45, 7) is 1.48. The molecule has 2 aromatic carbocycles. The van der Waals surface area contributed by atoms with Crippen LogP contribution in [0.3, 0.4) is 0 Å². The number of aromatic nitrogens is 4. The van der Waals surface area contributed by atoms with Gasteiger partial charge < -0.3 is 15.0 Å². The van der Waals surface area contributed by atoms with E-state index in [0.29, 0.717) is 18.7 Å². The summed E-state index contributed by atoms with van der Waals surface area (Å²) in [5.41, 5.74) is 7.37. The maximum atomic E-state index is 11.3. The number of ether oxygens (including phenoxy) is 1. The Morgan fingerprint density at radius 2 is 1.88 bits per heavy atom. The molecule has 0 aliphatic carbocycles. The maximum absolute atomic E-state index is 11.3. The number of aryl methyl sites for hydroxylation is 1. The van der Waals surface area contributed by atoms with Crippen molar-refractivity contribution in [3.8, 4) is 0 Å². The SMILES string of the molecule is NC(=O)CCc1nnc(SCc2nc3ccccc3c3ccccc23)n1CC1CCCO1. The molecule has 1 saturated heterocycles. The molecule has 8 heteroatoms. The zero-order valence-electron chi connectivity index (χ0n) is 17.7. The number of thioether (sulfide) groups is 1. The normalized spacial score (nSPS) is 16.2. The van der Waals surface area contributed by atoms with Crippen molar-refractivity contribution < 1.29 is 9.53 Å². The number of hydrogen-bond donors (Lipinski definition) is 1. The smallest absolute Gasteiger partial charge is 0.217 e. The third-order valence-corrected chi connectivity index (χ3v) is 6.80. The van der Waals surface area contributed by atoms with E-state index in [-0.39, 0.29) is 18.4 Å². The molecule has 3 heterocycles. The van der Waals surface area contributed by atoms with Gasteiger partial charge in [-0.15, -0.1) is 10.2 Å². The molecule has 1 aliphatic rings. The molecular weight excluding hydrogens is 422 g/mol. The predicted molar refractivity (Wildman–Crippen MR) is 125 cm³/mol. The summed E-state index contributed by atoms with van der Waals surface area (Å²) in [6, 6.07) is 16.6. The van der Waals surface area contributed by atoms with Crippen LogP contribution in [0.25, 0.3) is 21.7 Å². The quantitative estimate of drug-likeness (QED) is 0.325. The van der Waals surface area contributed by atoms with E-state index in [2.05, 4.69) is 51.2 Å². The number of pyridine rings is 1. The number of rotatable bonds is 8. The molecule has 0 bridgehead atoms. The monoisotopic (exact) mass is 447 g/mol. The lowest BCUT2D eigenvalue weighted by molar-refractivity contribution is -0.118. The van der Waals surface area contributed by atoms with Crippen molar-refractivity contribution in [2.24, 2.45) is 5.73 Å². The van der Waals surface area contributed by atoms with Crippen LogP contribution >= 0.6 is 11.8 Å². The van der Waals surface area contributed by atoms with E-state index < -0.39 is 0 Å². The molecular formula is C24H25N5O2S. The minimum Gasteiger partial charge on any atom is -0.376 e. The van der Waals surface area contributed by atoms with Crippen molar-refractivity contribution in [3.05, 3.63) is 60.0 Å². The van der Waals surface area contributed by atoms with Gasteiger partial charge in [-0.2, -0.15) is 0 Å². The summed E-state index contributed by atoms with van der Waals surface area (Å²) in [5, 5.41) is 13.1. The van der Waals surface area contributed by atoms with Crippen LogP contribution < -0.4 is 5.73 Å². The summed E-state index contributed by atoms with van der Waals surface area (Å²) < 4.78 is 7.93. The highest BCUT2D eigenvalue weighted by Crippen LogP contribution is 2.31. The first kappa shape index (κ1) is 20.9. The van der Waals surface area contributed by atoms with E-state index in [4.69, 9.17) is 15.5 Å². The van der Waals surface area contributed by atoms with Crippen molar-refractivity contribution in [1.29, 1.82) is 0 Å². The van der Waals surface area contributed by atoms with Crippen molar-refractivity contribution in [1.82, 2.24) is 19.7 Å². The van der Waals surface area contributed by atoms with E-state index in [1.807, 2.05) is 12.1 Å². The molecule has 0 spiro atoms. The third kappa shape index (κ3) is 4.33. The minimum absolute atomic E-state index is 0.150. The molecule has 2 N–H and O–H groups in total. The number of nitrogens with two attached hydrogens (primary N) is 1. The number of carbonyl (C=O) groups is 1. The van der Waals surface area contributed by atoms with Crippen LogP contribution in [-0.4, -0.2) is 38.4 Å². The minimum atomic E-state index is -0.335. The number of primary amides is 1. The zero-order valence-corrected chi connectivity index (χ0v) is 18.6. The molecule has 2 aromatic heterocycles. The van der Waals surface area contributed by atoms with Crippen LogP contribution in [0.15, 0.2) is 53.7 Å². The Kier molecular flexibility index (Phi) is 6.05. The fraction of sp³-hybridized carbons (Fsp3) is 0.333. The maximum Gasteiger partial charge on any atom is 0.217 e. The summed E-state index contributed by atoms with van der Waals surface area (Å²) in [6.07, 6.45) is 2.97. The van der Waals surface area contributed by atoms with Gasteiger partial charge in [0.05, 0.1) is 23.9 Å². The van der Waals surface area contributed by atoms with Gasteiger partial charge in [0.15, 0.2) is 5.16 Å². The second kappa shape index (κ2) is 9.26. The van der Waals surface area contributed by atoms with Gasteiger partial charge in [-0.3, -0.25) is 9.78 Å². The van der Waals surface area contributed by atoms with Gasteiger partial charge in [-0.25, -0.2) is 0 Å². The fourth-order valence-corrected chi connectivity index (χ4v) is 5.16. The number of hydrogen-bond acceptors (Lipinski definition) is 6. The largest absolute Gasteiger partial charge is 0.376 e. The van der Waals surface area contributed by atoms with Crippen molar-refractivity contribution >= 4 is 39.3 Å². The van der Waals surface area contributed by atoms with Crippen molar-refractivity contribution in [2.45, 2.75) is 49.2 Å². The standard InChI is InChI=1S/C24H25N5O2S/c25-22(30)11-12-23-27-28-24(29(23)14-16-6-5-13-31-16)32-15-21-19-9-2-1-7-17(19)18-8-3-4-10-20(18)26-21/h1-4,7-10,16H,5-6,11-15H2,(H2,25,30). The van der Waals surface area contributed by atoms with E-state index in [0.717, 1.165) is 52.4 Å². The van der Waals surface area contributed by atoms with E-state index >= 15 is 0 Å². The molecule has 164 valence electrons. The third-order valence-electron chi connectivity index (χ3n) is 5.82. The van der Waals surface area contributed by atoms with E-state index in [1.54, 1.807) is 11.8 Å². The lowest BCUT2D eigenvalue weighted by Gasteiger charge is -2.15. The first-order chi connectivity index (χ1) is 15.7. The number of amides is 1. The van der Waals surface area contributed by atoms with Crippen LogP contribution in [0, 0.1) is 0 Å². The van der Waals surface area contributed by atoms with Crippen LogP contribution in [0.5, 0.6) is 0 Å². The molecule has 0 radical (unpaired) electrons. The highest BCUT2D eigenvalue weighted by Gasteiger charge is 2.21. The first-order valence-corrected chi connectivity index (χ1v) is 11.9. The lowest BCUT2D eigenvalue weighted by atomic mass is 10.0. The fourth-order valence-electron chi connectivity index (χ4n) is 4.24. The van der Waals surface area contributed by atoms with Crippen LogP contribution in [0.2, 0.25) is 0 Å². The summed E-state index contributed by atoms with van der Waals surface area (Å²) in [7, 11) is 0. The Morgan fingerprint density at radius 3 is 2.66 bits per heavy atom. The van der Waals surface area contributed by atoms with Gasteiger partial charge in [0.25, 0.3) is 0 Å². The highest BCUT2D eigenvalue weighted by atomic mass is 32.2. The predicted octanol–water partition coefficient (Wildman–Crippen LogP) is 3.87. The highest BCUT2D eigenvalue weighted by molar-refractivity contribution is 7.98. The van der Waals surface area contributed by atoms with Gasteiger partial charge in [0.1, 0.15) is 5.82 Å². The summed E-state index contributed by atoms with van der Waals surface area (Å²) in [5.74, 6) is 1.11. The van der Waals surface area contributed by atoms with Gasteiger partial charge in [-0.1, -0.05) is 54.2 Å². The number of fused-ring (bicyclic) bond motifs is 3. The van der Waals surface area contributed by atoms with Gasteiger partial charge in [0, 0.05) is 36.0 Å².